The molecule has 0 saturated carbocycles. The molecule has 0 radical (unpaired) electrons. The molecule has 1 N–H and O–H groups in total. The van der Waals surface area contributed by atoms with E-state index >= 15 is 0 Å². The Morgan fingerprint density at radius 2 is 1.37 bits per heavy atom. The summed E-state index contributed by atoms with van der Waals surface area (Å²) in [6.07, 6.45) is 5.67. The van der Waals surface area contributed by atoms with E-state index in [0.717, 1.165) is 25.7 Å². The van der Waals surface area contributed by atoms with Gasteiger partial charge in [0, 0.05) is 6.42 Å². The van der Waals surface area contributed by atoms with Gasteiger partial charge in [-0.25, -0.2) is 0 Å². The van der Waals surface area contributed by atoms with Crippen molar-refractivity contribution in [1.29, 1.82) is 0 Å². The van der Waals surface area contributed by atoms with Crippen molar-refractivity contribution in [2.75, 3.05) is 0 Å². The van der Waals surface area contributed by atoms with E-state index in [2.05, 4.69) is 27.4 Å². The first kappa shape index (κ1) is 20.7. The van der Waals surface area contributed by atoms with Crippen LogP contribution in [0.2, 0.25) is 18.1 Å². The Hall–Kier alpha value is -0.573. The molecule has 2 nitrogen and oxygen atoms in total. The first-order chi connectivity index (χ1) is 8.52. The van der Waals surface area contributed by atoms with Crippen molar-refractivity contribution < 1.29 is 9.90 Å². The summed E-state index contributed by atoms with van der Waals surface area (Å²) in [5.41, 5.74) is 0. The van der Waals surface area contributed by atoms with E-state index < -0.39 is 14.0 Å². The number of hydrogen-bond donors (Lipinski definition) is 1. The summed E-state index contributed by atoms with van der Waals surface area (Å²) >= 11 is 0. The van der Waals surface area contributed by atoms with Crippen LogP contribution in [0.3, 0.4) is 0 Å². The topological polar surface area (TPSA) is 37.3 Å². The van der Waals surface area contributed by atoms with Crippen LogP contribution in [0, 0.1) is 0 Å². The third kappa shape index (κ3) is 7.56. The Balaban J connectivity index is 0. The van der Waals surface area contributed by atoms with Crippen LogP contribution in [-0.2, 0) is 4.79 Å². The minimum atomic E-state index is -1.20. The van der Waals surface area contributed by atoms with Gasteiger partial charge in [-0.15, -0.1) is 6.58 Å². The molecule has 0 aromatic carbocycles. The van der Waals surface area contributed by atoms with E-state index in [9.17, 15) is 4.79 Å². The number of carboxylic acids is 1. The van der Waals surface area contributed by atoms with Gasteiger partial charge in [0.1, 0.15) is 0 Å². The second kappa shape index (κ2) is 11.3. The van der Waals surface area contributed by atoms with Crippen molar-refractivity contribution in [2.24, 2.45) is 0 Å². The normalized spacial score (nSPS) is 10.9. The lowest BCUT2D eigenvalue weighted by Crippen LogP contribution is -2.34. The summed E-state index contributed by atoms with van der Waals surface area (Å²) in [7, 11) is -1.20. The third-order valence-electron chi connectivity index (χ3n) is 4.40. The molecule has 114 valence electrons. The lowest BCUT2D eigenvalue weighted by Gasteiger charge is -2.30. The number of carboxylic acid groups (broad SMARTS) is 1. The molecule has 0 amide bonds. The zero-order valence-corrected chi connectivity index (χ0v) is 13.4. The summed E-state index contributed by atoms with van der Waals surface area (Å²) in [5.74, 6) is -0.672. The fraction of sp³-hybridized carbons (Fsp3) is 0.812. The van der Waals surface area contributed by atoms with Gasteiger partial charge in [-0.2, -0.15) is 0 Å². The highest BCUT2D eigenvalue weighted by Crippen LogP contribution is 2.30. The standard InChI is InChI=1S/C15H30O2Si.CH4/c1-5-18(6-2,7-3)14(4)12-10-8-9-11-13-15(16)17;/h4-13H2,1-3H3,(H,16,17);1H4. The first-order valence-electron chi connectivity index (χ1n) is 7.42. The molecular formula is C16H34O2Si. The molecule has 0 aliphatic rings. The monoisotopic (exact) mass is 286 g/mol. The predicted octanol–water partition coefficient (Wildman–Crippen LogP) is 5.65. The molecule has 0 rings (SSSR count). The minimum absolute atomic E-state index is 0. The van der Waals surface area contributed by atoms with E-state index in [4.69, 9.17) is 5.11 Å². The van der Waals surface area contributed by atoms with Gasteiger partial charge in [-0.1, -0.05) is 64.4 Å². The van der Waals surface area contributed by atoms with Gasteiger partial charge >= 0.3 is 5.97 Å². The Morgan fingerprint density at radius 3 is 1.74 bits per heavy atom. The second-order valence-electron chi connectivity index (χ2n) is 5.25. The number of aliphatic carboxylic acids is 1. The fourth-order valence-electron chi connectivity index (χ4n) is 2.73. The molecule has 0 unspecified atom stereocenters. The average molecular weight is 287 g/mol. The molecule has 19 heavy (non-hydrogen) atoms. The molecule has 0 heterocycles. The first-order valence-corrected chi connectivity index (χ1v) is 10.0. The number of carbonyl (C=O) groups is 1. The van der Waals surface area contributed by atoms with Gasteiger partial charge in [0.15, 0.2) is 0 Å². The zero-order chi connectivity index (χ0) is 14.0. The highest BCUT2D eigenvalue weighted by Gasteiger charge is 2.29. The molecule has 0 aliphatic carbocycles. The van der Waals surface area contributed by atoms with Gasteiger partial charge in [0.05, 0.1) is 8.07 Å². The van der Waals surface area contributed by atoms with Crippen molar-refractivity contribution in [3.63, 3.8) is 0 Å². The highest BCUT2D eigenvalue weighted by molar-refractivity contribution is 6.86. The third-order valence-corrected chi connectivity index (χ3v) is 10.2. The summed E-state index contributed by atoms with van der Waals surface area (Å²) < 4.78 is 0. The van der Waals surface area contributed by atoms with Gasteiger partial charge in [-0.05, 0) is 19.3 Å². The molecule has 0 fully saturated rings. The zero-order valence-electron chi connectivity index (χ0n) is 12.4. The molecule has 0 atom stereocenters. The number of rotatable bonds is 11. The van der Waals surface area contributed by atoms with Crippen molar-refractivity contribution >= 4 is 14.0 Å². The summed E-state index contributed by atoms with van der Waals surface area (Å²) in [5, 5.41) is 10.1. The van der Waals surface area contributed by atoms with Crippen LogP contribution in [0.4, 0.5) is 0 Å². The maximum Gasteiger partial charge on any atom is 0.303 e. The summed E-state index contributed by atoms with van der Waals surface area (Å²) in [6, 6.07) is 3.95. The smallest absolute Gasteiger partial charge is 0.303 e. The Labute approximate surface area is 121 Å². The quantitative estimate of drug-likeness (QED) is 0.393. The van der Waals surface area contributed by atoms with Gasteiger partial charge in [0.25, 0.3) is 0 Å². The van der Waals surface area contributed by atoms with Crippen LogP contribution in [0.15, 0.2) is 11.8 Å². The predicted molar refractivity (Wildman–Crippen MR) is 88.4 cm³/mol. The van der Waals surface area contributed by atoms with E-state index in [1.807, 2.05) is 0 Å². The molecule has 0 aromatic heterocycles. The van der Waals surface area contributed by atoms with Crippen LogP contribution in [0.1, 0.15) is 66.7 Å². The van der Waals surface area contributed by atoms with Crippen molar-refractivity contribution in [3.05, 3.63) is 11.8 Å². The van der Waals surface area contributed by atoms with E-state index in [-0.39, 0.29) is 7.43 Å². The average Bonchev–Trinajstić information content (AvgIpc) is 2.36. The molecule has 0 aromatic rings. The molecule has 0 bridgehead atoms. The van der Waals surface area contributed by atoms with Crippen LogP contribution in [-0.4, -0.2) is 19.1 Å². The number of allylic oxidation sites excluding steroid dienone is 1. The van der Waals surface area contributed by atoms with Crippen molar-refractivity contribution in [2.45, 2.75) is 84.9 Å². The molecular weight excluding hydrogens is 252 g/mol. The Kier molecular flexibility index (Phi) is 12.3. The molecule has 0 saturated heterocycles. The van der Waals surface area contributed by atoms with E-state index in [1.165, 1.54) is 29.7 Å². The molecule has 3 heteroatoms. The molecule has 0 spiro atoms. The maximum atomic E-state index is 10.4. The Bertz CT molecular complexity index is 249. The van der Waals surface area contributed by atoms with Crippen LogP contribution in [0.5, 0.6) is 0 Å². The van der Waals surface area contributed by atoms with Crippen LogP contribution < -0.4 is 0 Å². The van der Waals surface area contributed by atoms with Gasteiger partial charge < -0.3 is 5.11 Å². The lowest BCUT2D eigenvalue weighted by atomic mass is 10.1. The van der Waals surface area contributed by atoms with Crippen LogP contribution in [0.25, 0.3) is 0 Å². The van der Waals surface area contributed by atoms with Crippen molar-refractivity contribution in [3.8, 4) is 0 Å². The van der Waals surface area contributed by atoms with Crippen molar-refractivity contribution in [1.82, 2.24) is 0 Å². The largest absolute Gasteiger partial charge is 0.481 e. The van der Waals surface area contributed by atoms with Gasteiger partial charge in [-0.3, -0.25) is 4.79 Å². The highest BCUT2D eigenvalue weighted by atomic mass is 28.3. The van der Waals surface area contributed by atoms with E-state index in [0.29, 0.717) is 6.42 Å². The SMILES string of the molecule is C.C=C(CCCCCCC(=O)O)[Si](CC)(CC)CC. The minimum Gasteiger partial charge on any atom is -0.481 e. The Morgan fingerprint density at radius 1 is 0.947 bits per heavy atom. The molecule has 0 aliphatic heterocycles. The summed E-state index contributed by atoms with van der Waals surface area (Å²) in [6.45, 7) is 11.3. The second-order valence-corrected chi connectivity index (χ2v) is 10.6. The number of hydrogen-bond acceptors (Lipinski definition) is 1. The number of unbranched alkanes of at least 4 members (excludes halogenated alkanes) is 3. The van der Waals surface area contributed by atoms with Crippen LogP contribution >= 0.6 is 0 Å². The fourth-order valence-corrected chi connectivity index (χ4v) is 6.44. The van der Waals surface area contributed by atoms with Gasteiger partial charge in [0.2, 0.25) is 0 Å². The van der Waals surface area contributed by atoms with E-state index in [1.54, 1.807) is 0 Å². The maximum absolute atomic E-state index is 10.4. The summed E-state index contributed by atoms with van der Waals surface area (Å²) in [4.78, 5) is 10.4. The lowest BCUT2D eigenvalue weighted by molar-refractivity contribution is -0.137.